The average molecular weight is 615 g/mol. The molecule has 0 atom stereocenters. The monoisotopic (exact) mass is 614 g/mol. The Morgan fingerprint density at radius 2 is 1.19 bits per heavy atom. The molecule has 1 aliphatic heterocycles. The Labute approximate surface area is 236 Å². The fourth-order valence-corrected chi connectivity index (χ4v) is 7.41. The normalized spacial score (nSPS) is 12.8. The zero-order valence-electron chi connectivity index (χ0n) is 22.3. The molecular weight excluding hydrogens is 576 g/mol. The van der Waals surface area contributed by atoms with Crippen LogP contribution < -0.4 is 14.5 Å². The van der Waals surface area contributed by atoms with Gasteiger partial charge in [-0.15, -0.1) is 24.8 Å². The minimum Gasteiger partial charge on any atom is -0.147 e. The van der Waals surface area contributed by atoms with E-state index in [0.29, 0.717) is 6.61 Å². The molecule has 0 N–H and O–H groups in total. The quantitative estimate of drug-likeness (QED) is 0.285. The molecule has 0 radical (unpaired) electrons. The summed E-state index contributed by atoms with van der Waals surface area (Å²) in [6.45, 7) is 18.1. The Morgan fingerprint density at radius 1 is 0.750 bits per heavy atom. The van der Waals surface area contributed by atoms with Gasteiger partial charge in [-0.2, -0.15) is 0 Å². The van der Waals surface area contributed by atoms with Crippen LogP contribution in [0.25, 0.3) is 0 Å². The maximum atomic E-state index is 5.92. The number of benzene rings is 3. The van der Waals surface area contributed by atoms with E-state index in [-0.39, 0.29) is 41.0 Å². The van der Waals surface area contributed by atoms with Crippen LogP contribution in [0.15, 0.2) is 48.5 Å². The minimum atomic E-state index is -0.192. The molecule has 0 bridgehead atoms. The number of para-hydroxylation sites is 1. The van der Waals surface area contributed by atoms with Crippen molar-refractivity contribution in [3.8, 4) is 5.75 Å². The van der Waals surface area contributed by atoms with Gasteiger partial charge >= 0.3 is 212 Å². The van der Waals surface area contributed by atoms with Crippen molar-refractivity contribution < 1.29 is 21.0 Å². The molecule has 0 unspecified atom stereocenters. The van der Waals surface area contributed by atoms with Crippen molar-refractivity contribution in [2.75, 3.05) is 29.5 Å². The largest absolute Gasteiger partial charge is 0.147 e. The molecule has 1 saturated heterocycles. The van der Waals surface area contributed by atoms with E-state index in [1.165, 1.54) is 54.7 Å². The smallest absolute Gasteiger partial charge is 0.147 e. The Morgan fingerprint density at radius 3 is 1.64 bits per heavy atom. The molecular formula is C30H38Cl2N2ORu. The molecule has 0 aromatic heterocycles. The number of rotatable bonds is 5. The molecule has 4 rings (SSSR count). The number of nitrogens with zero attached hydrogens (tertiary/aromatic N) is 2. The van der Waals surface area contributed by atoms with Gasteiger partial charge in [0.25, 0.3) is 0 Å². The Kier molecular flexibility index (Phi) is 10.9. The van der Waals surface area contributed by atoms with Crippen LogP contribution in [0.1, 0.15) is 45.9 Å². The van der Waals surface area contributed by atoms with Gasteiger partial charge in [-0.25, -0.2) is 0 Å². The summed E-state index contributed by atoms with van der Waals surface area (Å²) in [5, 5.41) is 0. The van der Waals surface area contributed by atoms with Crippen molar-refractivity contribution in [1.29, 1.82) is 0 Å². The fraction of sp³-hybridized carbons (Fsp3) is 0.333. The van der Waals surface area contributed by atoms with Crippen LogP contribution >= 0.6 is 24.8 Å². The predicted octanol–water partition coefficient (Wildman–Crippen LogP) is 7.13. The third kappa shape index (κ3) is 6.28. The van der Waals surface area contributed by atoms with E-state index in [4.69, 9.17) is 4.74 Å². The summed E-state index contributed by atoms with van der Waals surface area (Å²) >= 11 is -0.192. The molecule has 6 heteroatoms. The summed E-state index contributed by atoms with van der Waals surface area (Å²) < 4.78 is 9.76. The first-order valence-electron chi connectivity index (χ1n) is 12.0. The van der Waals surface area contributed by atoms with E-state index in [1.54, 1.807) is 0 Å². The van der Waals surface area contributed by atoms with Crippen LogP contribution in [-0.2, 0) is 16.2 Å². The summed E-state index contributed by atoms with van der Waals surface area (Å²) in [6, 6.07) is 17.7. The van der Waals surface area contributed by atoms with Gasteiger partial charge in [0.1, 0.15) is 0 Å². The molecule has 0 aliphatic carbocycles. The van der Waals surface area contributed by atoms with Gasteiger partial charge in [0, 0.05) is 0 Å². The van der Waals surface area contributed by atoms with Crippen molar-refractivity contribution in [1.82, 2.24) is 0 Å². The van der Waals surface area contributed by atoms with Crippen molar-refractivity contribution in [3.05, 3.63) is 87.5 Å². The van der Waals surface area contributed by atoms with Gasteiger partial charge < -0.3 is 0 Å². The summed E-state index contributed by atoms with van der Waals surface area (Å²) in [5.74, 6) is 0.974. The molecule has 196 valence electrons. The number of aryl methyl sites for hydroxylation is 6. The Balaban J connectivity index is 0.00000228. The molecule has 0 spiro atoms. The van der Waals surface area contributed by atoms with Crippen LogP contribution in [0, 0.1) is 41.5 Å². The van der Waals surface area contributed by atoms with Crippen LogP contribution in [0.3, 0.4) is 0 Å². The molecule has 1 aliphatic rings. The average Bonchev–Trinajstić information content (AvgIpc) is 3.15. The van der Waals surface area contributed by atoms with E-state index in [9.17, 15) is 0 Å². The second-order valence-corrected chi connectivity index (χ2v) is 11.0. The number of anilines is 2. The summed E-state index contributed by atoms with van der Waals surface area (Å²) in [6.07, 6.45) is 0. The van der Waals surface area contributed by atoms with Gasteiger partial charge in [-0.1, -0.05) is 0 Å². The first-order valence-corrected chi connectivity index (χ1v) is 13.9. The van der Waals surface area contributed by atoms with Crippen molar-refractivity contribution in [3.63, 3.8) is 0 Å². The molecule has 3 aromatic carbocycles. The van der Waals surface area contributed by atoms with Gasteiger partial charge in [0.05, 0.1) is 0 Å². The van der Waals surface area contributed by atoms with Crippen molar-refractivity contribution >= 4 is 45.2 Å². The molecule has 1 fully saturated rings. The third-order valence-corrected chi connectivity index (χ3v) is 8.44. The maximum Gasteiger partial charge on any atom is -0.147 e. The SMILES string of the molecule is CCOc1ccccc1[CH]=[Ru]=[C]1N(c2c(C)cc(C)cc2C)CCN1c1c(C)cc(C)cc1C.Cl.Cl. The van der Waals surface area contributed by atoms with E-state index >= 15 is 0 Å². The van der Waals surface area contributed by atoms with Crippen LogP contribution in [-0.4, -0.2) is 28.7 Å². The molecule has 0 amide bonds. The number of ether oxygens (including phenoxy) is 1. The molecule has 1 heterocycles. The van der Waals surface area contributed by atoms with E-state index in [0.717, 1.165) is 18.8 Å². The number of halogens is 2. The zero-order chi connectivity index (χ0) is 24.4. The first kappa shape index (κ1) is 30.2. The van der Waals surface area contributed by atoms with Gasteiger partial charge in [-0.3, -0.25) is 0 Å². The van der Waals surface area contributed by atoms with Crippen LogP contribution in [0.4, 0.5) is 11.4 Å². The first-order chi connectivity index (χ1) is 16.3. The van der Waals surface area contributed by atoms with Crippen LogP contribution in [0.5, 0.6) is 5.75 Å². The zero-order valence-corrected chi connectivity index (χ0v) is 25.7. The Bertz CT molecular complexity index is 1180. The van der Waals surface area contributed by atoms with Crippen molar-refractivity contribution in [2.45, 2.75) is 48.5 Å². The molecule has 3 nitrogen and oxygen atoms in total. The number of hydrogen-bond donors (Lipinski definition) is 0. The van der Waals surface area contributed by atoms with Gasteiger partial charge in [0.15, 0.2) is 0 Å². The summed E-state index contributed by atoms with van der Waals surface area (Å²) in [5.41, 5.74) is 12.0. The summed E-state index contributed by atoms with van der Waals surface area (Å²) in [4.78, 5) is 5.17. The topological polar surface area (TPSA) is 15.7 Å². The minimum absolute atomic E-state index is 0. The van der Waals surface area contributed by atoms with E-state index < -0.39 is 0 Å². The standard InChI is InChI=1S/C21H26N2.C9H10O.2ClH.Ru/c1-14-9-16(3)20(17(4)10-14)22-7-8-23(13-22)21-18(5)11-15(2)12-19(21)6;1-3-10-9-7-5-4-6-8(9)2;;;/h9-12H,7-8H2,1-6H3;2,4-7H,3H2,1H3;2*1H;. The maximum absolute atomic E-state index is 5.92. The van der Waals surface area contributed by atoms with Crippen LogP contribution in [0.2, 0.25) is 0 Å². The fourth-order valence-electron chi connectivity index (χ4n) is 5.19. The third-order valence-electron chi connectivity index (χ3n) is 6.26. The van der Waals surface area contributed by atoms with E-state index in [2.05, 4.69) is 104 Å². The molecule has 36 heavy (non-hydrogen) atoms. The van der Waals surface area contributed by atoms with Gasteiger partial charge in [-0.05, 0) is 0 Å². The van der Waals surface area contributed by atoms with Crippen molar-refractivity contribution in [2.24, 2.45) is 0 Å². The number of hydrogen-bond acceptors (Lipinski definition) is 3. The van der Waals surface area contributed by atoms with Gasteiger partial charge in [0.2, 0.25) is 0 Å². The predicted molar refractivity (Wildman–Crippen MR) is 158 cm³/mol. The van der Waals surface area contributed by atoms with E-state index in [1.807, 2.05) is 6.92 Å². The molecule has 3 aromatic rings. The summed E-state index contributed by atoms with van der Waals surface area (Å²) in [7, 11) is 0. The second-order valence-electron chi connectivity index (χ2n) is 9.23. The second kappa shape index (κ2) is 13.0. The molecule has 0 saturated carbocycles. The Hall–Kier alpha value is -2.00.